The molecule has 7 nitrogen and oxygen atoms in total. The molecule has 0 radical (unpaired) electrons. The summed E-state index contributed by atoms with van der Waals surface area (Å²) in [6.45, 7) is -0.0404. The van der Waals surface area contributed by atoms with Crippen LogP contribution in [0.4, 0.5) is 0 Å². The predicted octanol–water partition coefficient (Wildman–Crippen LogP) is -0.482. The minimum Gasteiger partial charge on any atom is -0.467 e. The molecule has 0 aliphatic rings. The van der Waals surface area contributed by atoms with Crippen LogP contribution in [0, 0.1) is 0 Å². The van der Waals surface area contributed by atoms with Gasteiger partial charge in [0, 0.05) is 13.0 Å². The van der Waals surface area contributed by atoms with Crippen LogP contribution in [0.5, 0.6) is 0 Å². The zero-order chi connectivity index (χ0) is 15.0. The molecule has 1 heterocycles. The van der Waals surface area contributed by atoms with Gasteiger partial charge in [-0.05, 0) is 11.4 Å². The number of rotatable bonds is 7. The summed E-state index contributed by atoms with van der Waals surface area (Å²) in [6, 6.07) is 3.45. The fourth-order valence-corrected chi connectivity index (χ4v) is 1.94. The Labute approximate surface area is 119 Å². The summed E-state index contributed by atoms with van der Waals surface area (Å²) < 4.78 is 4.30. The molecule has 2 amide bonds. The molecule has 0 aromatic carbocycles. The van der Waals surface area contributed by atoms with Crippen LogP contribution < -0.4 is 10.6 Å². The number of aliphatic hydroxyl groups is 1. The third-order valence-electron chi connectivity index (χ3n) is 2.35. The first-order valence-corrected chi connectivity index (χ1v) is 6.77. The monoisotopic (exact) mass is 300 g/mol. The van der Waals surface area contributed by atoms with Crippen molar-refractivity contribution in [2.24, 2.45) is 0 Å². The Balaban J connectivity index is 2.17. The van der Waals surface area contributed by atoms with Crippen molar-refractivity contribution in [1.29, 1.82) is 0 Å². The van der Waals surface area contributed by atoms with Crippen LogP contribution in [0.1, 0.15) is 16.1 Å². The molecular weight excluding hydrogens is 284 g/mol. The molecule has 20 heavy (non-hydrogen) atoms. The maximum Gasteiger partial charge on any atom is 0.336 e. The Hall–Kier alpha value is -1.93. The number of carbonyl (C=O) groups is 3. The van der Waals surface area contributed by atoms with Crippen molar-refractivity contribution in [2.45, 2.75) is 12.5 Å². The fourth-order valence-electron chi connectivity index (χ4n) is 1.30. The molecule has 0 saturated carbocycles. The SMILES string of the molecule is COC(=O)C(O)CNC(=O)CCNC(=O)c1cccs1. The number of methoxy groups -OCH3 is 1. The standard InChI is InChI=1S/C12H16N2O5S/c1-19-12(18)8(15)7-14-10(16)4-5-13-11(17)9-3-2-6-20-9/h2-3,6,8,15H,4-5,7H2,1H3,(H,13,17)(H,14,16). The van der Waals surface area contributed by atoms with Crippen LogP contribution in [-0.2, 0) is 14.3 Å². The predicted molar refractivity (Wildman–Crippen MR) is 72.3 cm³/mol. The Morgan fingerprint density at radius 3 is 2.75 bits per heavy atom. The second-order valence-corrected chi connectivity index (χ2v) is 4.77. The first kappa shape index (κ1) is 16.1. The Morgan fingerprint density at radius 2 is 2.15 bits per heavy atom. The van der Waals surface area contributed by atoms with Crippen molar-refractivity contribution in [3.63, 3.8) is 0 Å². The number of esters is 1. The molecule has 1 rings (SSSR count). The zero-order valence-electron chi connectivity index (χ0n) is 10.9. The van der Waals surface area contributed by atoms with Gasteiger partial charge in [-0.15, -0.1) is 11.3 Å². The smallest absolute Gasteiger partial charge is 0.336 e. The van der Waals surface area contributed by atoms with E-state index >= 15 is 0 Å². The summed E-state index contributed by atoms with van der Waals surface area (Å²) in [7, 11) is 1.15. The highest BCUT2D eigenvalue weighted by molar-refractivity contribution is 7.12. The van der Waals surface area contributed by atoms with Gasteiger partial charge in [-0.3, -0.25) is 9.59 Å². The van der Waals surface area contributed by atoms with Gasteiger partial charge in [-0.1, -0.05) is 6.07 Å². The summed E-state index contributed by atoms with van der Waals surface area (Å²) in [6.07, 6.45) is -1.32. The van der Waals surface area contributed by atoms with E-state index in [4.69, 9.17) is 0 Å². The van der Waals surface area contributed by atoms with E-state index < -0.39 is 12.1 Å². The Kier molecular flexibility index (Phi) is 6.68. The van der Waals surface area contributed by atoms with Crippen molar-refractivity contribution < 1.29 is 24.2 Å². The topological polar surface area (TPSA) is 105 Å². The van der Waals surface area contributed by atoms with Crippen LogP contribution in [0.2, 0.25) is 0 Å². The molecule has 0 aliphatic heterocycles. The zero-order valence-corrected chi connectivity index (χ0v) is 11.7. The van der Waals surface area contributed by atoms with Gasteiger partial charge < -0.3 is 20.5 Å². The molecule has 0 spiro atoms. The maximum absolute atomic E-state index is 11.5. The first-order chi connectivity index (χ1) is 9.54. The van der Waals surface area contributed by atoms with Gasteiger partial charge in [-0.2, -0.15) is 0 Å². The highest BCUT2D eigenvalue weighted by Crippen LogP contribution is 2.07. The van der Waals surface area contributed by atoms with Gasteiger partial charge in [0.2, 0.25) is 5.91 Å². The highest BCUT2D eigenvalue weighted by Gasteiger charge is 2.16. The molecule has 1 unspecified atom stereocenters. The number of amides is 2. The lowest BCUT2D eigenvalue weighted by molar-refractivity contribution is -0.150. The van der Waals surface area contributed by atoms with E-state index in [9.17, 15) is 19.5 Å². The van der Waals surface area contributed by atoms with Crippen LogP contribution >= 0.6 is 11.3 Å². The van der Waals surface area contributed by atoms with E-state index in [1.54, 1.807) is 17.5 Å². The fraction of sp³-hybridized carbons (Fsp3) is 0.417. The second-order valence-electron chi connectivity index (χ2n) is 3.83. The number of thiophene rings is 1. The average molecular weight is 300 g/mol. The van der Waals surface area contributed by atoms with Crippen molar-refractivity contribution in [1.82, 2.24) is 10.6 Å². The van der Waals surface area contributed by atoms with Gasteiger partial charge in [-0.25, -0.2) is 4.79 Å². The van der Waals surface area contributed by atoms with Gasteiger partial charge >= 0.3 is 5.97 Å². The van der Waals surface area contributed by atoms with Crippen molar-refractivity contribution in [3.8, 4) is 0 Å². The third-order valence-corrected chi connectivity index (χ3v) is 3.22. The number of aliphatic hydroxyl groups excluding tert-OH is 1. The van der Waals surface area contributed by atoms with E-state index in [0.29, 0.717) is 4.88 Å². The van der Waals surface area contributed by atoms with Crippen LogP contribution in [-0.4, -0.2) is 49.2 Å². The molecule has 1 aromatic heterocycles. The van der Waals surface area contributed by atoms with Gasteiger partial charge in [0.25, 0.3) is 5.91 Å². The van der Waals surface area contributed by atoms with Crippen molar-refractivity contribution >= 4 is 29.1 Å². The number of hydrogen-bond acceptors (Lipinski definition) is 6. The quantitative estimate of drug-likeness (QED) is 0.590. The van der Waals surface area contributed by atoms with E-state index in [1.807, 2.05) is 0 Å². The Morgan fingerprint density at radius 1 is 1.40 bits per heavy atom. The van der Waals surface area contributed by atoms with Crippen LogP contribution in [0.3, 0.4) is 0 Å². The summed E-state index contributed by atoms with van der Waals surface area (Å²) in [4.78, 5) is 34.4. The van der Waals surface area contributed by atoms with E-state index in [1.165, 1.54) is 11.3 Å². The van der Waals surface area contributed by atoms with E-state index in [0.717, 1.165) is 7.11 Å². The minimum absolute atomic E-state index is 0.0605. The molecule has 0 bridgehead atoms. The highest BCUT2D eigenvalue weighted by atomic mass is 32.1. The van der Waals surface area contributed by atoms with Crippen molar-refractivity contribution in [2.75, 3.05) is 20.2 Å². The molecule has 8 heteroatoms. The summed E-state index contributed by atoms with van der Waals surface area (Å²) in [5.41, 5.74) is 0. The maximum atomic E-state index is 11.5. The lowest BCUT2D eigenvalue weighted by Crippen LogP contribution is -2.38. The molecule has 1 aromatic rings. The van der Waals surface area contributed by atoms with Gasteiger partial charge in [0.15, 0.2) is 6.10 Å². The summed E-state index contributed by atoms with van der Waals surface area (Å²) in [5.74, 6) is -1.42. The second kappa shape index (κ2) is 8.28. The lowest BCUT2D eigenvalue weighted by Gasteiger charge is -2.09. The van der Waals surface area contributed by atoms with E-state index in [2.05, 4.69) is 15.4 Å². The third kappa shape index (κ3) is 5.37. The van der Waals surface area contributed by atoms with Crippen LogP contribution in [0.25, 0.3) is 0 Å². The molecule has 0 saturated heterocycles. The number of carbonyl (C=O) groups excluding carboxylic acids is 3. The minimum atomic E-state index is -1.38. The van der Waals surface area contributed by atoms with Gasteiger partial charge in [0.1, 0.15) is 0 Å². The Bertz CT molecular complexity index is 460. The molecule has 0 fully saturated rings. The molecule has 0 aliphatic carbocycles. The largest absolute Gasteiger partial charge is 0.467 e. The summed E-state index contributed by atoms with van der Waals surface area (Å²) in [5, 5.41) is 16.0. The van der Waals surface area contributed by atoms with Crippen LogP contribution in [0.15, 0.2) is 17.5 Å². The van der Waals surface area contributed by atoms with E-state index in [-0.39, 0.29) is 31.3 Å². The molecular formula is C12H16N2O5S. The first-order valence-electron chi connectivity index (χ1n) is 5.89. The van der Waals surface area contributed by atoms with Crippen molar-refractivity contribution in [3.05, 3.63) is 22.4 Å². The normalized spacial score (nSPS) is 11.5. The van der Waals surface area contributed by atoms with Gasteiger partial charge in [0.05, 0.1) is 18.5 Å². The number of ether oxygens (including phenoxy) is 1. The number of nitrogens with one attached hydrogen (secondary N) is 2. The molecule has 110 valence electrons. The average Bonchev–Trinajstić information content (AvgIpc) is 2.97. The lowest BCUT2D eigenvalue weighted by atomic mass is 10.3. The number of hydrogen-bond donors (Lipinski definition) is 3. The molecule has 1 atom stereocenters. The summed E-state index contributed by atoms with van der Waals surface area (Å²) >= 11 is 1.31. The molecule has 3 N–H and O–H groups in total.